The van der Waals surface area contributed by atoms with Crippen LogP contribution in [0.4, 0.5) is 0 Å². The highest BCUT2D eigenvalue weighted by molar-refractivity contribution is 6.31. The smallest absolute Gasteiger partial charge is 0.305 e. The quantitative estimate of drug-likeness (QED) is 0.889. The van der Waals surface area contributed by atoms with Crippen molar-refractivity contribution in [3.05, 3.63) is 58.4 Å². The molecule has 0 aliphatic carbocycles. The summed E-state index contributed by atoms with van der Waals surface area (Å²) in [5, 5.41) is 12.3. The lowest BCUT2D eigenvalue weighted by Gasteiger charge is -2.18. The molecule has 0 spiro atoms. The highest BCUT2D eigenvalue weighted by atomic mass is 35.5. The van der Waals surface area contributed by atoms with Gasteiger partial charge in [-0.2, -0.15) is 0 Å². The van der Waals surface area contributed by atoms with E-state index in [-0.39, 0.29) is 12.3 Å². The second kappa shape index (κ2) is 6.66. The first-order valence-corrected chi connectivity index (χ1v) is 7.15. The summed E-state index contributed by atoms with van der Waals surface area (Å²) in [6, 6.07) is 8.36. The van der Waals surface area contributed by atoms with Crippen molar-refractivity contribution in [1.29, 1.82) is 0 Å². The van der Waals surface area contributed by atoms with Crippen LogP contribution in [0.2, 0.25) is 5.02 Å². The van der Waals surface area contributed by atoms with Crippen LogP contribution < -0.4 is 5.32 Å². The summed E-state index contributed by atoms with van der Waals surface area (Å²) < 4.78 is 1.60. The summed E-state index contributed by atoms with van der Waals surface area (Å²) in [5.74, 6) is -1.34. The Bertz CT molecular complexity index is 692. The molecular formula is C16H17ClN2O3. The van der Waals surface area contributed by atoms with Crippen molar-refractivity contribution in [2.45, 2.75) is 19.4 Å². The van der Waals surface area contributed by atoms with Gasteiger partial charge in [0.15, 0.2) is 0 Å². The van der Waals surface area contributed by atoms with Gasteiger partial charge in [0.25, 0.3) is 5.91 Å². The Morgan fingerprint density at radius 2 is 1.95 bits per heavy atom. The summed E-state index contributed by atoms with van der Waals surface area (Å²) in [5.41, 5.74) is 2.20. The molecule has 1 amide bonds. The number of rotatable bonds is 5. The molecule has 0 aliphatic rings. The summed E-state index contributed by atoms with van der Waals surface area (Å²) >= 11 is 5.87. The normalized spacial score (nSPS) is 12.0. The van der Waals surface area contributed by atoms with Crippen molar-refractivity contribution in [2.24, 2.45) is 7.05 Å². The lowest BCUT2D eigenvalue weighted by molar-refractivity contribution is -0.137. The standard InChI is InChI=1S/C16H17ClN2O3/c1-10-3-5-11(6-4-10)13(8-15(20)21)18-16(22)14-7-12(17)9-19(14)2/h3-7,9,13H,8H2,1-2H3,(H,18,22)(H,20,21). The average Bonchev–Trinajstić information content (AvgIpc) is 2.77. The zero-order valence-corrected chi connectivity index (χ0v) is 13.1. The van der Waals surface area contributed by atoms with Gasteiger partial charge in [0, 0.05) is 13.2 Å². The van der Waals surface area contributed by atoms with Gasteiger partial charge in [-0.25, -0.2) is 0 Å². The fourth-order valence-corrected chi connectivity index (χ4v) is 2.46. The SMILES string of the molecule is Cc1ccc(C(CC(=O)O)NC(=O)c2cc(Cl)cn2C)cc1. The van der Waals surface area contributed by atoms with Gasteiger partial charge in [0.05, 0.1) is 17.5 Å². The van der Waals surface area contributed by atoms with Crippen LogP contribution in [0.15, 0.2) is 36.5 Å². The predicted molar refractivity (Wildman–Crippen MR) is 84.1 cm³/mol. The maximum absolute atomic E-state index is 12.3. The number of hydrogen-bond donors (Lipinski definition) is 2. The zero-order chi connectivity index (χ0) is 16.3. The lowest BCUT2D eigenvalue weighted by atomic mass is 10.0. The summed E-state index contributed by atoms with van der Waals surface area (Å²) in [4.78, 5) is 23.4. The van der Waals surface area contributed by atoms with Gasteiger partial charge in [-0.15, -0.1) is 0 Å². The number of aryl methyl sites for hydroxylation is 2. The Labute approximate surface area is 133 Å². The first kappa shape index (κ1) is 16.1. The number of halogens is 1. The number of nitrogens with zero attached hydrogens (tertiary/aromatic N) is 1. The minimum absolute atomic E-state index is 0.188. The molecule has 1 heterocycles. The molecule has 0 saturated carbocycles. The zero-order valence-electron chi connectivity index (χ0n) is 12.3. The van der Waals surface area contributed by atoms with E-state index < -0.39 is 12.0 Å². The van der Waals surface area contributed by atoms with Gasteiger partial charge in [-0.05, 0) is 18.6 Å². The van der Waals surface area contributed by atoms with Crippen LogP contribution >= 0.6 is 11.6 Å². The molecule has 0 fully saturated rings. The van der Waals surface area contributed by atoms with Crippen molar-refractivity contribution in [2.75, 3.05) is 0 Å². The molecule has 1 aromatic heterocycles. The number of carboxylic acids is 1. The lowest BCUT2D eigenvalue weighted by Crippen LogP contribution is -2.31. The van der Waals surface area contributed by atoms with Crippen LogP contribution in [0, 0.1) is 6.92 Å². The Balaban J connectivity index is 2.23. The molecular weight excluding hydrogens is 304 g/mol. The van der Waals surface area contributed by atoms with E-state index in [2.05, 4.69) is 5.32 Å². The van der Waals surface area contributed by atoms with Crippen LogP contribution in [-0.2, 0) is 11.8 Å². The van der Waals surface area contributed by atoms with E-state index in [1.807, 2.05) is 31.2 Å². The maximum Gasteiger partial charge on any atom is 0.305 e. The second-order valence-electron chi connectivity index (χ2n) is 5.19. The van der Waals surface area contributed by atoms with Crippen molar-refractivity contribution < 1.29 is 14.7 Å². The van der Waals surface area contributed by atoms with Crippen LogP contribution in [-0.4, -0.2) is 21.6 Å². The number of benzene rings is 1. The van der Waals surface area contributed by atoms with Gasteiger partial charge in [0.2, 0.25) is 0 Å². The van der Waals surface area contributed by atoms with Crippen LogP contribution in [0.5, 0.6) is 0 Å². The summed E-state index contributed by atoms with van der Waals surface area (Å²) in [6.07, 6.45) is 1.43. The van der Waals surface area contributed by atoms with E-state index in [9.17, 15) is 9.59 Å². The molecule has 0 radical (unpaired) electrons. The molecule has 0 saturated heterocycles. The van der Waals surface area contributed by atoms with Gasteiger partial charge in [0.1, 0.15) is 5.69 Å². The second-order valence-corrected chi connectivity index (χ2v) is 5.63. The Morgan fingerprint density at radius 1 is 1.32 bits per heavy atom. The third-order valence-corrected chi connectivity index (χ3v) is 3.57. The van der Waals surface area contributed by atoms with Crippen molar-refractivity contribution in [3.8, 4) is 0 Å². The largest absolute Gasteiger partial charge is 0.481 e. The fraction of sp³-hybridized carbons (Fsp3) is 0.250. The number of hydrogen-bond acceptors (Lipinski definition) is 2. The number of carbonyl (C=O) groups excluding carboxylic acids is 1. The predicted octanol–water partition coefficient (Wildman–Crippen LogP) is 2.93. The summed E-state index contributed by atoms with van der Waals surface area (Å²) in [6.45, 7) is 1.94. The van der Waals surface area contributed by atoms with E-state index >= 15 is 0 Å². The van der Waals surface area contributed by atoms with E-state index in [0.717, 1.165) is 11.1 Å². The molecule has 22 heavy (non-hydrogen) atoms. The molecule has 0 aliphatic heterocycles. The number of nitrogens with one attached hydrogen (secondary N) is 1. The van der Waals surface area contributed by atoms with Crippen LogP contribution in [0.25, 0.3) is 0 Å². The van der Waals surface area contributed by atoms with Crippen molar-refractivity contribution >= 4 is 23.5 Å². The third kappa shape index (κ3) is 3.89. The minimum Gasteiger partial charge on any atom is -0.481 e. The summed E-state index contributed by atoms with van der Waals surface area (Å²) in [7, 11) is 1.71. The molecule has 1 unspecified atom stereocenters. The number of carboxylic acid groups (broad SMARTS) is 1. The molecule has 0 bridgehead atoms. The third-order valence-electron chi connectivity index (χ3n) is 3.37. The number of amides is 1. The molecule has 6 heteroatoms. The number of aromatic nitrogens is 1. The Hall–Kier alpha value is -2.27. The van der Waals surface area contributed by atoms with E-state index in [4.69, 9.17) is 16.7 Å². The molecule has 1 aromatic carbocycles. The molecule has 1 atom stereocenters. The first-order chi connectivity index (χ1) is 10.4. The average molecular weight is 321 g/mol. The van der Waals surface area contributed by atoms with Gasteiger partial charge >= 0.3 is 5.97 Å². The number of carbonyl (C=O) groups is 2. The first-order valence-electron chi connectivity index (χ1n) is 6.78. The van der Waals surface area contributed by atoms with E-state index in [1.54, 1.807) is 23.9 Å². The van der Waals surface area contributed by atoms with Gasteiger partial charge < -0.3 is 15.0 Å². The molecule has 5 nitrogen and oxygen atoms in total. The monoisotopic (exact) mass is 320 g/mol. The van der Waals surface area contributed by atoms with Crippen molar-refractivity contribution in [3.63, 3.8) is 0 Å². The molecule has 2 N–H and O–H groups in total. The van der Waals surface area contributed by atoms with Crippen molar-refractivity contribution in [1.82, 2.24) is 9.88 Å². The van der Waals surface area contributed by atoms with E-state index in [1.165, 1.54) is 0 Å². The fourth-order valence-electron chi connectivity index (χ4n) is 2.21. The van der Waals surface area contributed by atoms with Crippen LogP contribution in [0.1, 0.15) is 34.1 Å². The van der Waals surface area contributed by atoms with Gasteiger partial charge in [-0.3, -0.25) is 9.59 Å². The molecule has 2 rings (SSSR count). The minimum atomic E-state index is -0.976. The Morgan fingerprint density at radius 3 is 2.45 bits per heavy atom. The maximum atomic E-state index is 12.3. The highest BCUT2D eigenvalue weighted by Crippen LogP contribution is 2.19. The van der Waals surface area contributed by atoms with Gasteiger partial charge in [-0.1, -0.05) is 41.4 Å². The van der Waals surface area contributed by atoms with E-state index in [0.29, 0.717) is 10.7 Å². The Kier molecular flexibility index (Phi) is 4.88. The highest BCUT2D eigenvalue weighted by Gasteiger charge is 2.20. The number of aliphatic carboxylic acids is 1. The topological polar surface area (TPSA) is 71.3 Å². The van der Waals surface area contributed by atoms with Crippen LogP contribution in [0.3, 0.4) is 0 Å². The molecule has 2 aromatic rings. The molecule has 116 valence electrons.